The van der Waals surface area contributed by atoms with Crippen molar-refractivity contribution in [2.75, 3.05) is 7.11 Å². The van der Waals surface area contributed by atoms with Gasteiger partial charge in [-0.2, -0.15) is 13.8 Å². The van der Waals surface area contributed by atoms with Gasteiger partial charge in [-0.05, 0) is 30.9 Å². The van der Waals surface area contributed by atoms with Gasteiger partial charge in [-0.1, -0.05) is 0 Å². The molecule has 0 amide bonds. The second kappa shape index (κ2) is 5.31. The largest absolute Gasteiger partial charge is 0.464 e. The van der Waals surface area contributed by atoms with Gasteiger partial charge in [0.15, 0.2) is 0 Å². The van der Waals surface area contributed by atoms with Crippen LogP contribution < -0.4 is 4.74 Å². The number of carbonyl (C=O) groups is 1. The number of hydrogen-bond acceptors (Lipinski definition) is 4. The molecule has 0 N–H and O–H groups in total. The zero-order chi connectivity index (χ0) is 15.0. The maximum Gasteiger partial charge on any atom is 0.388 e. The summed E-state index contributed by atoms with van der Waals surface area (Å²) in [6.07, 6.45) is 2.18. The fourth-order valence-electron chi connectivity index (χ4n) is 2.28. The van der Waals surface area contributed by atoms with Gasteiger partial charge < -0.3 is 14.0 Å². The lowest BCUT2D eigenvalue weighted by molar-refractivity contribution is -0.0526. The average molecular weight is 296 g/mol. The minimum absolute atomic E-state index is 0.163. The Morgan fingerprint density at radius 2 is 2.24 bits per heavy atom. The van der Waals surface area contributed by atoms with Gasteiger partial charge in [-0.3, -0.25) is 0 Å². The molecule has 0 atom stereocenters. The number of aromatic nitrogens is 2. The monoisotopic (exact) mass is 296 g/mol. The minimum Gasteiger partial charge on any atom is -0.464 e. The maximum atomic E-state index is 12.3. The van der Waals surface area contributed by atoms with Crippen LogP contribution in [-0.2, 0) is 11.3 Å². The normalized spacial score (nSPS) is 14.7. The molecule has 0 spiro atoms. The van der Waals surface area contributed by atoms with Crippen LogP contribution in [0.1, 0.15) is 23.3 Å². The summed E-state index contributed by atoms with van der Waals surface area (Å²) in [5.41, 5.74) is 0.835. The summed E-state index contributed by atoms with van der Waals surface area (Å²) in [7, 11) is 1.31. The summed E-state index contributed by atoms with van der Waals surface area (Å²) < 4.78 is 35.4. The fraction of sp³-hybridized carbons (Fsp3) is 0.429. The molecule has 2 aromatic heterocycles. The molecule has 0 bridgehead atoms. The predicted octanol–water partition coefficient (Wildman–Crippen LogP) is 2.83. The van der Waals surface area contributed by atoms with E-state index in [0.717, 1.165) is 12.8 Å². The lowest BCUT2D eigenvalue weighted by atomic mass is 10.3. The van der Waals surface area contributed by atoms with Gasteiger partial charge in [0, 0.05) is 18.0 Å². The first kappa shape index (κ1) is 13.8. The van der Waals surface area contributed by atoms with Gasteiger partial charge >= 0.3 is 12.6 Å². The minimum atomic E-state index is -2.93. The van der Waals surface area contributed by atoms with Gasteiger partial charge in [0.2, 0.25) is 5.88 Å². The van der Waals surface area contributed by atoms with Crippen LogP contribution in [0.5, 0.6) is 5.88 Å². The third-order valence-electron chi connectivity index (χ3n) is 3.46. The van der Waals surface area contributed by atoms with Crippen LogP contribution in [0, 0.1) is 5.92 Å². The lowest BCUT2D eigenvalue weighted by Crippen LogP contribution is -2.12. The fourth-order valence-corrected chi connectivity index (χ4v) is 2.28. The molecule has 0 aromatic carbocycles. The SMILES string of the molecule is COC(=O)c1cc2ccc(OC(F)F)nc2n1CC1CC1. The highest BCUT2D eigenvalue weighted by atomic mass is 19.3. The molecule has 1 aliphatic rings. The summed E-state index contributed by atoms with van der Waals surface area (Å²) in [4.78, 5) is 15.9. The Bertz CT molecular complexity index is 680. The number of hydrogen-bond donors (Lipinski definition) is 0. The second-order valence-corrected chi connectivity index (χ2v) is 5.02. The first-order chi connectivity index (χ1) is 10.1. The highest BCUT2D eigenvalue weighted by Gasteiger charge is 2.26. The summed E-state index contributed by atoms with van der Waals surface area (Å²) in [5, 5.41) is 0.692. The van der Waals surface area contributed by atoms with Crippen LogP contribution in [0.4, 0.5) is 8.78 Å². The molecule has 7 heteroatoms. The molecule has 0 aliphatic heterocycles. The number of rotatable bonds is 5. The Labute approximate surface area is 119 Å². The number of ether oxygens (including phenoxy) is 2. The molecule has 2 aromatic rings. The van der Waals surface area contributed by atoms with Crippen molar-refractivity contribution in [1.82, 2.24) is 9.55 Å². The van der Waals surface area contributed by atoms with Crippen molar-refractivity contribution in [3.63, 3.8) is 0 Å². The van der Waals surface area contributed by atoms with E-state index in [-0.39, 0.29) is 5.88 Å². The Morgan fingerprint density at radius 3 is 2.86 bits per heavy atom. The molecule has 0 unspecified atom stereocenters. The third-order valence-corrected chi connectivity index (χ3v) is 3.46. The van der Waals surface area contributed by atoms with Crippen LogP contribution in [0.25, 0.3) is 11.0 Å². The van der Waals surface area contributed by atoms with Crippen LogP contribution in [0.15, 0.2) is 18.2 Å². The molecule has 1 fully saturated rings. The van der Waals surface area contributed by atoms with Crippen LogP contribution in [-0.4, -0.2) is 29.2 Å². The summed E-state index contributed by atoms with van der Waals surface area (Å²) in [6.45, 7) is -2.30. The first-order valence-electron chi connectivity index (χ1n) is 6.62. The van der Waals surface area contributed by atoms with E-state index in [9.17, 15) is 13.6 Å². The number of nitrogens with zero attached hydrogens (tertiary/aromatic N) is 2. The van der Waals surface area contributed by atoms with Crippen molar-refractivity contribution in [2.24, 2.45) is 5.92 Å². The summed E-state index contributed by atoms with van der Waals surface area (Å²) >= 11 is 0. The van der Waals surface area contributed by atoms with Gasteiger partial charge in [0.1, 0.15) is 11.3 Å². The lowest BCUT2D eigenvalue weighted by Gasteiger charge is -2.09. The molecule has 0 saturated heterocycles. The van der Waals surface area contributed by atoms with Crippen molar-refractivity contribution in [3.05, 3.63) is 23.9 Å². The molecular formula is C14H14F2N2O3. The van der Waals surface area contributed by atoms with Crippen molar-refractivity contribution < 1.29 is 23.0 Å². The number of carbonyl (C=O) groups excluding carboxylic acids is 1. The van der Waals surface area contributed by atoms with E-state index < -0.39 is 12.6 Å². The number of methoxy groups -OCH3 is 1. The molecular weight excluding hydrogens is 282 g/mol. The molecule has 112 valence electrons. The summed E-state index contributed by atoms with van der Waals surface area (Å²) in [6, 6.07) is 4.62. The molecule has 21 heavy (non-hydrogen) atoms. The molecule has 5 nitrogen and oxygen atoms in total. The predicted molar refractivity (Wildman–Crippen MR) is 70.4 cm³/mol. The number of pyridine rings is 1. The standard InChI is InChI=1S/C14H14F2N2O3/c1-20-13(19)10-6-9-4-5-11(21-14(15)16)17-12(9)18(10)7-8-2-3-8/h4-6,8,14H,2-3,7H2,1H3. The average Bonchev–Trinajstić information content (AvgIpc) is 3.19. The smallest absolute Gasteiger partial charge is 0.388 e. The van der Waals surface area contributed by atoms with Crippen molar-refractivity contribution in [1.29, 1.82) is 0 Å². The van der Waals surface area contributed by atoms with E-state index >= 15 is 0 Å². The van der Waals surface area contributed by atoms with Crippen LogP contribution >= 0.6 is 0 Å². The number of fused-ring (bicyclic) bond motifs is 1. The van der Waals surface area contributed by atoms with Crippen LogP contribution in [0.3, 0.4) is 0 Å². The van der Waals surface area contributed by atoms with Crippen LogP contribution in [0.2, 0.25) is 0 Å². The molecule has 1 saturated carbocycles. The topological polar surface area (TPSA) is 53.4 Å². The maximum absolute atomic E-state index is 12.3. The molecule has 0 radical (unpaired) electrons. The van der Waals surface area contributed by atoms with Gasteiger partial charge in [0.05, 0.1) is 7.11 Å². The van der Waals surface area contributed by atoms with E-state index in [0.29, 0.717) is 29.2 Å². The highest BCUT2D eigenvalue weighted by molar-refractivity contribution is 5.94. The molecule has 1 aliphatic carbocycles. The highest BCUT2D eigenvalue weighted by Crippen LogP contribution is 2.33. The van der Waals surface area contributed by atoms with Gasteiger partial charge in [-0.25, -0.2) is 4.79 Å². The van der Waals surface area contributed by atoms with Crippen molar-refractivity contribution >= 4 is 17.0 Å². The second-order valence-electron chi connectivity index (χ2n) is 5.02. The molecule has 3 rings (SSSR count). The van der Waals surface area contributed by atoms with E-state index in [2.05, 4.69) is 9.72 Å². The van der Waals surface area contributed by atoms with E-state index in [1.165, 1.54) is 13.2 Å². The quantitative estimate of drug-likeness (QED) is 0.796. The van der Waals surface area contributed by atoms with Crippen molar-refractivity contribution in [3.8, 4) is 5.88 Å². The summed E-state index contributed by atoms with van der Waals surface area (Å²) in [5.74, 6) is -0.139. The van der Waals surface area contributed by atoms with E-state index in [4.69, 9.17) is 4.74 Å². The Kier molecular flexibility index (Phi) is 3.48. The van der Waals surface area contributed by atoms with E-state index in [1.807, 2.05) is 0 Å². The first-order valence-corrected chi connectivity index (χ1v) is 6.62. The van der Waals surface area contributed by atoms with Crippen molar-refractivity contribution in [2.45, 2.75) is 26.0 Å². The Hall–Kier alpha value is -2.18. The Balaban J connectivity index is 2.07. The zero-order valence-corrected chi connectivity index (χ0v) is 11.4. The zero-order valence-electron chi connectivity index (χ0n) is 11.4. The van der Waals surface area contributed by atoms with Gasteiger partial charge in [0.25, 0.3) is 0 Å². The number of alkyl halides is 2. The third kappa shape index (κ3) is 2.81. The Morgan fingerprint density at radius 1 is 1.48 bits per heavy atom. The van der Waals surface area contributed by atoms with Gasteiger partial charge in [-0.15, -0.1) is 0 Å². The number of esters is 1. The van der Waals surface area contributed by atoms with E-state index in [1.54, 1.807) is 16.7 Å². The number of halogens is 2. The molecule has 2 heterocycles.